The fraction of sp³-hybridized carbons (Fsp3) is 0.571. The SMILES string of the molecule is CCCNCCCOc1ccc(CC)cc1. The number of nitrogens with one attached hydrogen (secondary N) is 1. The first-order valence-electron chi connectivity index (χ1n) is 6.29. The summed E-state index contributed by atoms with van der Waals surface area (Å²) in [5, 5.41) is 3.36. The molecule has 1 N–H and O–H groups in total. The Labute approximate surface area is 99.0 Å². The van der Waals surface area contributed by atoms with Crippen LogP contribution in [0.4, 0.5) is 0 Å². The van der Waals surface area contributed by atoms with Crippen molar-refractivity contribution in [2.24, 2.45) is 0 Å². The van der Waals surface area contributed by atoms with Gasteiger partial charge in [-0.15, -0.1) is 0 Å². The average Bonchev–Trinajstić information content (AvgIpc) is 2.34. The molecule has 1 aromatic carbocycles. The number of ether oxygens (including phenoxy) is 1. The van der Waals surface area contributed by atoms with Crippen molar-refractivity contribution in [3.05, 3.63) is 29.8 Å². The van der Waals surface area contributed by atoms with Gasteiger partial charge in [-0.2, -0.15) is 0 Å². The lowest BCUT2D eigenvalue weighted by atomic mass is 10.2. The van der Waals surface area contributed by atoms with E-state index in [9.17, 15) is 0 Å². The highest BCUT2D eigenvalue weighted by molar-refractivity contribution is 5.27. The van der Waals surface area contributed by atoms with Crippen LogP contribution >= 0.6 is 0 Å². The third-order valence-electron chi connectivity index (χ3n) is 2.52. The van der Waals surface area contributed by atoms with Crippen molar-refractivity contribution in [1.82, 2.24) is 5.32 Å². The molecule has 0 bridgehead atoms. The first-order chi connectivity index (χ1) is 7.86. The van der Waals surface area contributed by atoms with E-state index in [0.29, 0.717) is 0 Å². The second kappa shape index (κ2) is 8.17. The molecule has 0 saturated carbocycles. The predicted octanol–water partition coefficient (Wildman–Crippen LogP) is 3.02. The largest absolute Gasteiger partial charge is 0.494 e. The molecule has 0 heterocycles. The van der Waals surface area contributed by atoms with E-state index in [0.717, 1.165) is 38.3 Å². The molecule has 90 valence electrons. The van der Waals surface area contributed by atoms with Gasteiger partial charge in [0.2, 0.25) is 0 Å². The number of aryl methyl sites for hydroxylation is 1. The maximum Gasteiger partial charge on any atom is 0.119 e. The molecule has 0 aliphatic carbocycles. The summed E-state index contributed by atoms with van der Waals surface area (Å²) in [5.41, 5.74) is 1.36. The minimum absolute atomic E-state index is 0.794. The summed E-state index contributed by atoms with van der Waals surface area (Å²) in [6.07, 6.45) is 3.34. The zero-order valence-corrected chi connectivity index (χ0v) is 10.5. The van der Waals surface area contributed by atoms with Crippen molar-refractivity contribution >= 4 is 0 Å². The van der Waals surface area contributed by atoms with Crippen LogP contribution in [0.2, 0.25) is 0 Å². The van der Waals surface area contributed by atoms with Crippen LogP contribution in [0, 0.1) is 0 Å². The van der Waals surface area contributed by atoms with Gasteiger partial charge in [-0.05, 0) is 50.0 Å². The van der Waals surface area contributed by atoms with Gasteiger partial charge in [0, 0.05) is 0 Å². The summed E-state index contributed by atoms with van der Waals surface area (Å²) < 4.78 is 5.65. The van der Waals surface area contributed by atoms with Crippen molar-refractivity contribution in [3.8, 4) is 5.75 Å². The van der Waals surface area contributed by atoms with Gasteiger partial charge in [0.1, 0.15) is 5.75 Å². The number of rotatable bonds is 8. The summed E-state index contributed by atoms with van der Waals surface area (Å²) in [4.78, 5) is 0. The molecule has 0 radical (unpaired) electrons. The first-order valence-corrected chi connectivity index (χ1v) is 6.29. The van der Waals surface area contributed by atoms with Crippen LogP contribution in [-0.4, -0.2) is 19.7 Å². The van der Waals surface area contributed by atoms with Gasteiger partial charge >= 0.3 is 0 Å². The van der Waals surface area contributed by atoms with Crippen LogP contribution < -0.4 is 10.1 Å². The molecule has 1 rings (SSSR count). The van der Waals surface area contributed by atoms with Crippen LogP contribution in [0.1, 0.15) is 32.3 Å². The normalized spacial score (nSPS) is 10.4. The van der Waals surface area contributed by atoms with E-state index in [-0.39, 0.29) is 0 Å². The molecule has 0 aliphatic rings. The maximum absolute atomic E-state index is 5.65. The zero-order chi connectivity index (χ0) is 11.6. The highest BCUT2D eigenvalue weighted by atomic mass is 16.5. The third kappa shape index (κ3) is 5.17. The van der Waals surface area contributed by atoms with Crippen LogP contribution in [0.3, 0.4) is 0 Å². The van der Waals surface area contributed by atoms with Crippen molar-refractivity contribution in [3.63, 3.8) is 0 Å². The summed E-state index contributed by atoms with van der Waals surface area (Å²) in [6, 6.07) is 8.37. The van der Waals surface area contributed by atoms with E-state index in [2.05, 4.69) is 43.4 Å². The Bertz CT molecular complexity index is 269. The smallest absolute Gasteiger partial charge is 0.119 e. The Morgan fingerprint density at radius 2 is 1.81 bits per heavy atom. The lowest BCUT2D eigenvalue weighted by molar-refractivity contribution is 0.308. The minimum Gasteiger partial charge on any atom is -0.494 e. The second-order valence-electron chi connectivity index (χ2n) is 3.95. The summed E-state index contributed by atoms with van der Waals surface area (Å²) in [6.45, 7) is 7.28. The van der Waals surface area contributed by atoms with E-state index < -0.39 is 0 Å². The number of benzene rings is 1. The van der Waals surface area contributed by atoms with E-state index in [4.69, 9.17) is 4.74 Å². The highest BCUT2D eigenvalue weighted by Gasteiger charge is 1.94. The Hall–Kier alpha value is -1.02. The fourth-order valence-electron chi connectivity index (χ4n) is 1.51. The molecule has 16 heavy (non-hydrogen) atoms. The van der Waals surface area contributed by atoms with Crippen molar-refractivity contribution in [2.75, 3.05) is 19.7 Å². The van der Waals surface area contributed by atoms with Crippen LogP contribution in [0.15, 0.2) is 24.3 Å². The lowest BCUT2D eigenvalue weighted by Crippen LogP contribution is -2.18. The van der Waals surface area contributed by atoms with Gasteiger partial charge in [-0.3, -0.25) is 0 Å². The van der Waals surface area contributed by atoms with Crippen molar-refractivity contribution in [1.29, 1.82) is 0 Å². The molecule has 0 saturated heterocycles. The summed E-state index contributed by atoms with van der Waals surface area (Å²) in [7, 11) is 0. The van der Waals surface area contributed by atoms with Crippen LogP contribution in [0.25, 0.3) is 0 Å². The van der Waals surface area contributed by atoms with Gasteiger partial charge in [0.25, 0.3) is 0 Å². The number of hydrogen-bond donors (Lipinski definition) is 1. The highest BCUT2D eigenvalue weighted by Crippen LogP contribution is 2.12. The van der Waals surface area contributed by atoms with Gasteiger partial charge in [0.15, 0.2) is 0 Å². The monoisotopic (exact) mass is 221 g/mol. The number of hydrogen-bond acceptors (Lipinski definition) is 2. The van der Waals surface area contributed by atoms with Crippen molar-refractivity contribution in [2.45, 2.75) is 33.1 Å². The molecule has 2 nitrogen and oxygen atoms in total. The molecule has 0 aromatic heterocycles. The standard InChI is InChI=1S/C14H23NO/c1-3-10-15-11-5-12-16-14-8-6-13(4-2)7-9-14/h6-9,15H,3-5,10-12H2,1-2H3. The zero-order valence-electron chi connectivity index (χ0n) is 10.5. The molecular formula is C14H23NO. The van der Waals surface area contributed by atoms with Gasteiger partial charge < -0.3 is 10.1 Å². The molecular weight excluding hydrogens is 198 g/mol. The molecule has 0 fully saturated rings. The molecule has 0 unspecified atom stereocenters. The average molecular weight is 221 g/mol. The Morgan fingerprint density at radius 3 is 2.44 bits per heavy atom. The molecule has 0 amide bonds. The van der Waals surface area contributed by atoms with E-state index in [1.165, 1.54) is 12.0 Å². The lowest BCUT2D eigenvalue weighted by Gasteiger charge is -2.07. The topological polar surface area (TPSA) is 21.3 Å². The summed E-state index contributed by atoms with van der Waals surface area (Å²) >= 11 is 0. The quantitative estimate of drug-likeness (QED) is 0.681. The van der Waals surface area contributed by atoms with E-state index in [1.807, 2.05) is 0 Å². The van der Waals surface area contributed by atoms with Crippen molar-refractivity contribution < 1.29 is 4.74 Å². The molecule has 1 aromatic rings. The Morgan fingerprint density at radius 1 is 1.06 bits per heavy atom. The molecule has 0 aliphatic heterocycles. The molecule has 2 heteroatoms. The van der Waals surface area contributed by atoms with Gasteiger partial charge in [-0.25, -0.2) is 0 Å². The van der Waals surface area contributed by atoms with E-state index >= 15 is 0 Å². The Kier molecular flexibility index (Phi) is 6.66. The van der Waals surface area contributed by atoms with E-state index in [1.54, 1.807) is 0 Å². The van der Waals surface area contributed by atoms with Crippen LogP contribution in [-0.2, 0) is 6.42 Å². The molecule has 0 atom stereocenters. The fourth-order valence-corrected chi connectivity index (χ4v) is 1.51. The van der Waals surface area contributed by atoms with Gasteiger partial charge in [0.05, 0.1) is 6.61 Å². The first kappa shape index (κ1) is 13.0. The molecule has 0 spiro atoms. The summed E-state index contributed by atoms with van der Waals surface area (Å²) in [5.74, 6) is 0.979. The minimum atomic E-state index is 0.794. The van der Waals surface area contributed by atoms with Gasteiger partial charge in [-0.1, -0.05) is 26.0 Å². The third-order valence-corrected chi connectivity index (χ3v) is 2.52. The predicted molar refractivity (Wildman–Crippen MR) is 69.1 cm³/mol. The second-order valence-corrected chi connectivity index (χ2v) is 3.95. The van der Waals surface area contributed by atoms with Crippen LogP contribution in [0.5, 0.6) is 5.75 Å². The Balaban J connectivity index is 2.12. The maximum atomic E-state index is 5.65.